The monoisotopic (exact) mass is 163 g/mol. The van der Waals surface area contributed by atoms with Crippen LogP contribution in [0.25, 0.3) is 0 Å². The molecule has 1 rings (SSSR count). The van der Waals surface area contributed by atoms with Crippen molar-refractivity contribution in [3.05, 3.63) is 41.8 Å². The predicted molar refractivity (Wildman–Crippen MR) is 46.9 cm³/mol. The van der Waals surface area contributed by atoms with Crippen LogP contribution in [0.3, 0.4) is 0 Å². The Labute approximate surface area is 71.8 Å². The molecule has 0 amide bonds. The highest BCUT2D eigenvalue weighted by atomic mass is 16.4. The molecule has 2 heteroatoms. The largest absolute Gasteiger partial charge is 0.481 e. The van der Waals surface area contributed by atoms with Gasteiger partial charge in [-0.25, -0.2) is 0 Å². The quantitative estimate of drug-likeness (QED) is 0.738. The van der Waals surface area contributed by atoms with Gasteiger partial charge in [0.25, 0.3) is 0 Å². The molecule has 12 heavy (non-hydrogen) atoms. The molecule has 0 aromatic heterocycles. The van der Waals surface area contributed by atoms with Gasteiger partial charge in [-0.2, -0.15) is 0 Å². The third-order valence-corrected chi connectivity index (χ3v) is 1.67. The molecule has 1 N–H and O–H groups in total. The fourth-order valence-electron chi connectivity index (χ4n) is 1.00. The first-order valence-corrected chi connectivity index (χ1v) is 3.82. The Morgan fingerprint density at radius 2 is 2.00 bits per heavy atom. The van der Waals surface area contributed by atoms with Crippen molar-refractivity contribution in [3.8, 4) is 0 Å². The van der Waals surface area contributed by atoms with Gasteiger partial charge in [0, 0.05) is 0 Å². The summed E-state index contributed by atoms with van der Waals surface area (Å²) in [5.74, 6) is -0.789. The van der Waals surface area contributed by atoms with Gasteiger partial charge in [0.05, 0.1) is 6.42 Å². The third-order valence-electron chi connectivity index (χ3n) is 1.67. The highest BCUT2D eigenvalue weighted by molar-refractivity contribution is 5.70. The lowest BCUT2D eigenvalue weighted by Gasteiger charge is -1.98. The van der Waals surface area contributed by atoms with E-state index in [1.54, 1.807) is 0 Å². The van der Waals surface area contributed by atoms with Crippen LogP contribution in [0.15, 0.2) is 24.3 Å². The van der Waals surface area contributed by atoms with Gasteiger partial charge in [-0.1, -0.05) is 31.2 Å². The molecule has 2 nitrogen and oxygen atoms in total. The van der Waals surface area contributed by atoms with Gasteiger partial charge in [-0.05, 0) is 17.5 Å². The molecule has 0 aliphatic carbocycles. The minimum atomic E-state index is -0.789. The van der Waals surface area contributed by atoms with E-state index in [2.05, 4.69) is 0 Å². The van der Waals surface area contributed by atoms with Gasteiger partial charge >= 0.3 is 5.97 Å². The summed E-state index contributed by atoms with van der Waals surface area (Å²) in [4.78, 5) is 10.3. The van der Waals surface area contributed by atoms with Crippen molar-refractivity contribution in [2.75, 3.05) is 0 Å². The van der Waals surface area contributed by atoms with Crippen molar-refractivity contribution in [2.24, 2.45) is 0 Å². The first-order chi connectivity index (χ1) is 5.72. The molecular formula is C10H11O2. The van der Waals surface area contributed by atoms with Crippen molar-refractivity contribution in [3.63, 3.8) is 0 Å². The van der Waals surface area contributed by atoms with Gasteiger partial charge < -0.3 is 5.11 Å². The molecule has 0 fully saturated rings. The van der Waals surface area contributed by atoms with E-state index in [4.69, 9.17) is 5.11 Å². The molecule has 0 spiro atoms. The standard InChI is InChI=1S/C10H11O2/c1-2-8-3-5-9(6-4-8)7-10(11)12/h2-6H,7H2,1H3,(H,11,12). The average molecular weight is 163 g/mol. The van der Waals surface area contributed by atoms with Crippen molar-refractivity contribution >= 4 is 5.97 Å². The fraction of sp³-hybridized carbons (Fsp3) is 0.200. The summed E-state index contributed by atoms with van der Waals surface area (Å²) in [6, 6.07) is 7.50. The molecule has 0 aliphatic rings. The van der Waals surface area contributed by atoms with E-state index in [-0.39, 0.29) is 6.42 Å². The number of rotatable bonds is 3. The number of carboxylic acids is 1. The third kappa shape index (κ3) is 2.38. The van der Waals surface area contributed by atoms with Crippen molar-refractivity contribution in [1.82, 2.24) is 0 Å². The Morgan fingerprint density at radius 3 is 2.42 bits per heavy atom. The smallest absolute Gasteiger partial charge is 0.307 e. The van der Waals surface area contributed by atoms with Crippen LogP contribution in [0.2, 0.25) is 0 Å². The van der Waals surface area contributed by atoms with Crippen LogP contribution in [0, 0.1) is 6.42 Å². The first kappa shape index (κ1) is 8.78. The second kappa shape index (κ2) is 3.90. The van der Waals surface area contributed by atoms with E-state index < -0.39 is 5.97 Å². The van der Waals surface area contributed by atoms with Crippen LogP contribution in [-0.2, 0) is 11.2 Å². The van der Waals surface area contributed by atoms with Gasteiger partial charge in [-0.15, -0.1) is 0 Å². The van der Waals surface area contributed by atoms with Crippen LogP contribution >= 0.6 is 0 Å². The normalized spacial score (nSPS) is 9.75. The number of benzene rings is 1. The fourth-order valence-corrected chi connectivity index (χ4v) is 1.00. The lowest BCUT2D eigenvalue weighted by molar-refractivity contribution is -0.136. The first-order valence-electron chi connectivity index (χ1n) is 3.82. The zero-order chi connectivity index (χ0) is 8.97. The van der Waals surface area contributed by atoms with E-state index in [9.17, 15) is 4.79 Å². The molecule has 0 bridgehead atoms. The molecule has 0 heterocycles. The molecule has 1 aromatic rings. The molecule has 0 saturated heterocycles. The maximum atomic E-state index is 10.3. The Balaban J connectivity index is 2.71. The molecular weight excluding hydrogens is 152 g/mol. The average Bonchev–Trinajstić information content (AvgIpc) is 2.05. The van der Waals surface area contributed by atoms with E-state index >= 15 is 0 Å². The zero-order valence-corrected chi connectivity index (χ0v) is 6.95. The molecule has 0 saturated carbocycles. The second-order valence-corrected chi connectivity index (χ2v) is 2.60. The molecule has 0 aliphatic heterocycles. The van der Waals surface area contributed by atoms with Crippen LogP contribution < -0.4 is 0 Å². The summed E-state index contributed by atoms with van der Waals surface area (Å²) < 4.78 is 0. The summed E-state index contributed by atoms with van der Waals surface area (Å²) in [6.45, 7) is 1.95. The summed E-state index contributed by atoms with van der Waals surface area (Å²) in [7, 11) is 0. The Kier molecular flexibility index (Phi) is 2.86. The molecule has 63 valence electrons. The summed E-state index contributed by atoms with van der Waals surface area (Å²) in [5.41, 5.74) is 1.96. The van der Waals surface area contributed by atoms with E-state index in [1.165, 1.54) is 0 Å². The van der Waals surface area contributed by atoms with Crippen LogP contribution in [0.5, 0.6) is 0 Å². The van der Waals surface area contributed by atoms with Crippen molar-refractivity contribution in [1.29, 1.82) is 0 Å². The number of hydrogen-bond acceptors (Lipinski definition) is 1. The SMILES string of the molecule is C[CH]c1ccc(CC(=O)O)cc1. The maximum Gasteiger partial charge on any atom is 0.307 e. The molecule has 1 radical (unpaired) electrons. The Hall–Kier alpha value is -1.31. The van der Waals surface area contributed by atoms with Gasteiger partial charge in [-0.3, -0.25) is 4.79 Å². The molecule has 1 aromatic carbocycles. The number of carbonyl (C=O) groups is 1. The van der Waals surface area contributed by atoms with Gasteiger partial charge in [0.2, 0.25) is 0 Å². The molecule has 0 atom stereocenters. The maximum absolute atomic E-state index is 10.3. The van der Waals surface area contributed by atoms with Crippen LogP contribution in [-0.4, -0.2) is 11.1 Å². The van der Waals surface area contributed by atoms with Gasteiger partial charge in [0.15, 0.2) is 0 Å². The van der Waals surface area contributed by atoms with Crippen LogP contribution in [0.4, 0.5) is 0 Å². The second-order valence-electron chi connectivity index (χ2n) is 2.60. The molecule has 0 unspecified atom stereocenters. The Morgan fingerprint density at radius 1 is 1.42 bits per heavy atom. The highest BCUT2D eigenvalue weighted by Crippen LogP contribution is 2.06. The van der Waals surface area contributed by atoms with Gasteiger partial charge in [0.1, 0.15) is 0 Å². The topological polar surface area (TPSA) is 37.3 Å². The number of carboxylic acid groups (broad SMARTS) is 1. The van der Waals surface area contributed by atoms with Crippen LogP contribution in [0.1, 0.15) is 18.1 Å². The highest BCUT2D eigenvalue weighted by Gasteiger charge is 1.98. The zero-order valence-electron chi connectivity index (χ0n) is 6.95. The summed E-state index contributed by atoms with van der Waals surface area (Å²) in [6.07, 6.45) is 2.08. The van der Waals surface area contributed by atoms with E-state index in [0.717, 1.165) is 11.1 Å². The van der Waals surface area contributed by atoms with Crippen molar-refractivity contribution < 1.29 is 9.90 Å². The Bertz CT molecular complexity index is 262. The number of hydrogen-bond donors (Lipinski definition) is 1. The minimum Gasteiger partial charge on any atom is -0.481 e. The lowest BCUT2D eigenvalue weighted by Crippen LogP contribution is -1.99. The summed E-state index contributed by atoms with van der Waals surface area (Å²) >= 11 is 0. The van der Waals surface area contributed by atoms with E-state index in [1.807, 2.05) is 37.6 Å². The minimum absolute atomic E-state index is 0.101. The lowest BCUT2D eigenvalue weighted by atomic mass is 10.1. The predicted octanol–water partition coefficient (Wildman–Crippen LogP) is 1.89. The number of aliphatic carboxylic acids is 1. The van der Waals surface area contributed by atoms with Crippen molar-refractivity contribution in [2.45, 2.75) is 13.3 Å². The summed E-state index contributed by atoms with van der Waals surface area (Å²) in [5, 5.41) is 8.49. The van der Waals surface area contributed by atoms with E-state index in [0.29, 0.717) is 0 Å².